The van der Waals surface area contributed by atoms with Crippen LogP contribution in [0.25, 0.3) is 0 Å². The van der Waals surface area contributed by atoms with Crippen LogP contribution in [0.3, 0.4) is 0 Å². The largest absolute Gasteiger partial charge is 0.366 e. The highest BCUT2D eigenvalue weighted by Gasteiger charge is 2.23. The Kier molecular flexibility index (Phi) is 4.92. The van der Waals surface area contributed by atoms with Crippen molar-refractivity contribution in [2.45, 2.75) is 12.5 Å². The molecule has 2 aromatic rings. The Balaban J connectivity index is 0.00000161. The molecule has 1 aliphatic heterocycles. The molecule has 110 valence electrons. The summed E-state index contributed by atoms with van der Waals surface area (Å²) in [6, 6.07) is 16.6. The summed E-state index contributed by atoms with van der Waals surface area (Å²) in [6.07, 6.45) is 0.896. The second-order valence-corrected chi connectivity index (χ2v) is 5.71. The van der Waals surface area contributed by atoms with Crippen LogP contribution in [-0.4, -0.2) is 24.8 Å². The van der Waals surface area contributed by atoms with Crippen molar-refractivity contribution in [3.8, 4) is 0 Å². The Morgan fingerprint density at radius 2 is 1.71 bits per heavy atom. The second-order valence-electron chi connectivity index (χ2n) is 5.27. The van der Waals surface area contributed by atoms with Gasteiger partial charge in [-0.2, -0.15) is 0 Å². The topological polar surface area (TPSA) is 15.6 Å². The first-order valence-electron chi connectivity index (χ1n) is 6.72. The Labute approximate surface area is 136 Å². The van der Waals surface area contributed by atoms with E-state index in [0.29, 0.717) is 0 Å². The highest BCUT2D eigenvalue weighted by atomic mass is 35.5. The zero-order chi connectivity index (χ0) is 14.1. The molecule has 1 unspecified atom stereocenters. The van der Waals surface area contributed by atoms with Crippen molar-refractivity contribution in [1.29, 1.82) is 0 Å². The maximum atomic E-state index is 5.99. The molecule has 0 saturated heterocycles. The van der Waals surface area contributed by atoms with Gasteiger partial charge in [0.1, 0.15) is 11.9 Å². The third kappa shape index (κ3) is 3.22. The van der Waals surface area contributed by atoms with Crippen LogP contribution in [0, 0.1) is 0 Å². The number of benzene rings is 2. The molecule has 0 bridgehead atoms. The number of amidine groups is 1. The quantitative estimate of drug-likeness (QED) is 0.762. The molecule has 0 amide bonds. The van der Waals surface area contributed by atoms with E-state index in [9.17, 15) is 0 Å². The van der Waals surface area contributed by atoms with Crippen LogP contribution in [0.15, 0.2) is 53.5 Å². The predicted molar refractivity (Wildman–Crippen MR) is 91.8 cm³/mol. The lowest BCUT2D eigenvalue weighted by Crippen LogP contribution is -2.28. The van der Waals surface area contributed by atoms with Crippen molar-refractivity contribution in [2.24, 2.45) is 4.99 Å². The van der Waals surface area contributed by atoms with Gasteiger partial charge in [0, 0.05) is 25.5 Å². The maximum absolute atomic E-state index is 5.99. The lowest BCUT2D eigenvalue weighted by molar-refractivity contribution is 0.592. The molecular weight excluding hydrogens is 303 g/mol. The molecule has 1 aliphatic rings. The highest BCUT2D eigenvalue weighted by Crippen LogP contribution is 2.33. The number of hydrogen-bond donors (Lipinski definition) is 0. The van der Waals surface area contributed by atoms with Gasteiger partial charge < -0.3 is 4.90 Å². The third-order valence-electron chi connectivity index (χ3n) is 3.68. The van der Waals surface area contributed by atoms with Crippen LogP contribution < -0.4 is 0 Å². The Bertz CT molecular complexity index is 648. The molecule has 0 aromatic heterocycles. The normalized spacial score (nSPS) is 16.5. The summed E-state index contributed by atoms with van der Waals surface area (Å²) in [5.41, 5.74) is 3.83. The van der Waals surface area contributed by atoms with E-state index in [1.165, 1.54) is 16.7 Å². The van der Waals surface area contributed by atoms with Gasteiger partial charge in [0.15, 0.2) is 0 Å². The van der Waals surface area contributed by atoms with Gasteiger partial charge >= 0.3 is 0 Å². The first-order chi connectivity index (χ1) is 9.65. The van der Waals surface area contributed by atoms with E-state index >= 15 is 0 Å². The number of halogens is 2. The molecule has 0 radical (unpaired) electrons. The monoisotopic (exact) mass is 320 g/mol. The Morgan fingerprint density at radius 1 is 1.05 bits per heavy atom. The lowest BCUT2D eigenvalue weighted by Gasteiger charge is -2.27. The minimum absolute atomic E-state index is 0. The number of aliphatic imine (C=N–C) groups is 1. The fraction of sp³-hybridized carbons (Fsp3) is 0.235. The fourth-order valence-electron chi connectivity index (χ4n) is 2.57. The first-order valence-corrected chi connectivity index (χ1v) is 7.10. The van der Waals surface area contributed by atoms with Crippen LogP contribution in [-0.2, 0) is 6.42 Å². The minimum atomic E-state index is 0. The molecule has 0 fully saturated rings. The summed E-state index contributed by atoms with van der Waals surface area (Å²) < 4.78 is 0. The lowest BCUT2D eigenvalue weighted by atomic mass is 9.90. The van der Waals surface area contributed by atoms with Gasteiger partial charge in [-0.05, 0) is 28.8 Å². The van der Waals surface area contributed by atoms with Crippen LogP contribution in [0.1, 0.15) is 22.7 Å². The summed E-state index contributed by atoms with van der Waals surface area (Å²) >= 11 is 5.99. The van der Waals surface area contributed by atoms with Gasteiger partial charge in [-0.1, -0.05) is 48.0 Å². The number of rotatable bonds is 1. The van der Waals surface area contributed by atoms with Crippen LogP contribution in [0.4, 0.5) is 0 Å². The van der Waals surface area contributed by atoms with Crippen LogP contribution in [0.5, 0.6) is 0 Å². The van der Waals surface area contributed by atoms with Gasteiger partial charge in [-0.25, -0.2) is 0 Å². The van der Waals surface area contributed by atoms with E-state index in [2.05, 4.69) is 41.3 Å². The van der Waals surface area contributed by atoms with Crippen molar-refractivity contribution in [1.82, 2.24) is 4.90 Å². The second kappa shape index (κ2) is 6.50. The summed E-state index contributed by atoms with van der Waals surface area (Å²) in [5, 5.41) is 0.759. The van der Waals surface area contributed by atoms with Crippen molar-refractivity contribution in [3.63, 3.8) is 0 Å². The number of fused-ring (bicyclic) bond motifs is 1. The van der Waals surface area contributed by atoms with Gasteiger partial charge in [0.05, 0.1) is 0 Å². The van der Waals surface area contributed by atoms with Crippen molar-refractivity contribution >= 4 is 29.8 Å². The van der Waals surface area contributed by atoms with Crippen molar-refractivity contribution in [2.75, 3.05) is 14.1 Å². The van der Waals surface area contributed by atoms with Crippen LogP contribution in [0.2, 0.25) is 5.02 Å². The zero-order valence-corrected chi connectivity index (χ0v) is 13.7. The van der Waals surface area contributed by atoms with E-state index in [-0.39, 0.29) is 18.4 Å². The summed E-state index contributed by atoms with van der Waals surface area (Å²) in [5.74, 6) is 1.11. The highest BCUT2D eigenvalue weighted by molar-refractivity contribution is 6.30. The predicted octanol–water partition coefficient (Wildman–Crippen LogP) is 4.37. The van der Waals surface area contributed by atoms with Crippen molar-refractivity contribution < 1.29 is 0 Å². The third-order valence-corrected chi connectivity index (χ3v) is 3.93. The molecule has 0 N–H and O–H groups in total. The summed E-state index contributed by atoms with van der Waals surface area (Å²) in [6.45, 7) is 0. The van der Waals surface area contributed by atoms with Crippen molar-refractivity contribution in [3.05, 3.63) is 70.2 Å². The smallest absolute Gasteiger partial charge is 0.104 e. The number of nitrogens with zero attached hydrogens (tertiary/aromatic N) is 2. The fourth-order valence-corrected chi connectivity index (χ4v) is 2.70. The molecule has 2 nitrogen and oxygen atoms in total. The van der Waals surface area contributed by atoms with E-state index in [1.54, 1.807) is 0 Å². The van der Waals surface area contributed by atoms with E-state index < -0.39 is 0 Å². The minimum Gasteiger partial charge on any atom is -0.366 e. The average Bonchev–Trinajstić information content (AvgIpc) is 2.47. The number of hydrogen-bond acceptors (Lipinski definition) is 2. The molecule has 21 heavy (non-hydrogen) atoms. The molecule has 1 heterocycles. The molecule has 0 aliphatic carbocycles. The Hall–Kier alpha value is -1.51. The summed E-state index contributed by atoms with van der Waals surface area (Å²) in [4.78, 5) is 7.02. The molecule has 4 heteroatoms. The molecule has 0 spiro atoms. The molecular formula is C17H18Cl2N2. The number of likely N-dealkylation sites (N-methyl/N-ethyl adjacent to an activating group) is 1. The molecule has 1 atom stereocenters. The van der Waals surface area contributed by atoms with E-state index in [1.807, 2.05) is 26.2 Å². The van der Waals surface area contributed by atoms with Gasteiger partial charge in [0.25, 0.3) is 0 Å². The summed E-state index contributed by atoms with van der Waals surface area (Å²) in [7, 11) is 4.09. The zero-order valence-electron chi connectivity index (χ0n) is 12.1. The SMILES string of the molecule is CN(C)C1=NC(c2ccc(Cl)cc2)c2ccccc2C1.Cl. The molecule has 0 saturated carbocycles. The van der Waals surface area contributed by atoms with Gasteiger partial charge in [-0.15, -0.1) is 12.4 Å². The molecule has 3 rings (SSSR count). The van der Waals surface area contributed by atoms with Gasteiger partial charge in [-0.3, -0.25) is 4.99 Å². The van der Waals surface area contributed by atoms with E-state index in [0.717, 1.165) is 17.3 Å². The maximum Gasteiger partial charge on any atom is 0.104 e. The van der Waals surface area contributed by atoms with Crippen LogP contribution >= 0.6 is 24.0 Å². The standard InChI is InChI=1S/C17H17ClN2.ClH/c1-20(2)16-11-13-5-3-4-6-15(13)17(19-16)12-7-9-14(18)10-8-12;/h3-10,17H,11H2,1-2H3;1H. The van der Waals surface area contributed by atoms with Gasteiger partial charge in [0.2, 0.25) is 0 Å². The Morgan fingerprint density at radius 3 is 2.38 bits per heavy atom. The van der Waals surface area contributed by atoms with E-state index in [4.69, 9.17) is 16.6 Å². The molecule has 2 aromatic carbocycles. The average molecular weight is 321 g/mol. The first kappa shape index (κ1) is 15.9.